The van der Waals surface area contributed by atoms with E-state index in [0.717, 1.165) is 25.1 Å². The molecular formula is C15H21NO. The lowest BCUT2D eigenvalue weighted by atomic mass is 10.0. The van der Waals surface area contributed by atoms with Gasteiger partial charge < -0.3 is 10.1 Å². The average molecular weight is 231 g/mol. The molecule has 1 aromatic rings. The van der Waals surface area contributed by atoms with Crippen molar-refractivity contribution in [3.8, 4) is 17.6 Å². The molecule has 2 heteroatoms. The van der Waals surface area contributed by atoms with Crippen LogP contribution in [0.2, 0.25) is 0 Å². The van der Waals surface area contributed by atoms with E-state index in [1.54, 1.807) is 7.11 Å². The van der Waals surface area contributed by atoms with Gasteiger partial charge in [-0.25, -0.2) is 0 Å². The molecule has 0 radical (unpaired) electrons. The van der Waals surface area contributed by atoms with Crippen molar-refractivity contribution >= 4 is 0 Å². The molecule has 1 rings (SSSR count). The van der Waals surface area contributed by atoms with Gasteiger partial charge in [-0.15, -0.1) is 11.8 Å². The molecule has 0 saturated carbocycles. The Morgan fingerprint density at radius 1 is 1.29 bits per heavy atom. The quantitative estimate of drug-likeness (QED) is 0.600. The fraction of sp³-hybridized carbons (Fsp3) is 0.467. The fourth-order valence-corrected chi connectivity index (χ4v) is 1.77. The minimum Gasteiger partial charge on any atom is -0.497 e. The SMILES string of the molecule is CC#CCCNC(CC)c1ccc(OC)cc1. The van der Waals surface area contributed by atoms with E-state index in [9.17, 15) is 0 Å². The summed E-state index contributed by atoms with van der Waals surface area (Å²) in [6.45, 7) is 5.00. The topological polar surface area (TPSA) is 21.3 Å². The van der Waals surface area contributed by atoms with Gasteiger partial charge in [0.2, 0.25) is 0 Å². The van der Waals surface area contributed by atoms with Crippen LogP contribution in [0.3, 0.4) is 0 Å². The molecule has 0 spiro atoms. The summed E-state index contributed by atoms with van der Waals surface area (Å²) in [7, 11) is 1.69. The molecule has 0 aromatic heterocycles. The number of benzene rings is 1. The van der Waals surface area contributed by atoms with E-state index in [1.807, 2.05) is 19.1 Å². The lowest BCUT2D eigenvalue weighted by Crippen LogP contribution is -2.21. The van der Waals surface area contributed by atoms with Crippen LogP contribution in [0.4, 0.5) is 0 Å². The van der Waals surface area contributed by atoms with Crippen LogP contribution in [-0.4, -0.2) is 13.7 Å². The van der Waals surface area contributed by atoms with Crippen molar-refractivity contribution in [2.24, 2.45) is 0 Å². The van der Waals surface area contributed by atoms with Crippen LogP contribution >= 0.6 is 0 Å². The van der Waals surface area contributed by atoms with Crippen LogP contribution in [0.25, 0.3) is 0 Å². The summed E-state index contributed by atoms with van der Waals surface area (Å²) < 4.78 is 5.16. The molecule has 0 saturated heterocycles. The Hall–Kier alpha value is -1.46. The second-order valence-corrected chi connectivity index (χ2v) is 3.86. The van der Waals surface area contributed by atoms with E-state index in [0.29, 0.717) is 6.04 Å². The standard InChI is InChI=1S/C15H21NO/c1-4-6-7-12-16-15(5-2)13-8-10-14(17-3)11-9-13/h8-11,15-16H,5,7,12H2,1-3H3. The monoisotopic (exact) mass is 231 g/mol. The van der Waals surface area contributed by atoms with Crippen molar-refractivity contribution in [3.05, 3.63) is 29.8 Å². The van der Waals surface area contributed by atoms with Crippen molar-refractivity contribution in [1.29, 1.82) is 0 Å². The third-order valence-corrected chi connectivity index (χ3v) is 2.74. The molecule has 0 aliphatic rings. The van der Waals surface area contributed by atoms with Crippen LogP contribution in [0.15, 0.2) is 24.3 Å². The largest absolute Gasteiger partial charge is 0.497 e. The van der Waals surface area contributed by atoms with Crippen molar-refractivity contribution in [1.82, 2.24) is 5.32 Å². The zero-order valence-corrected chi connectivity index (χ0v) is 10.9. The summed E-state index contributed by atoms with van der Waals surface area (Å²) >= 11 is 0. The predicted octanol–water partition coefficient (Wildman–Crippen LogP) is 3.15. The number of hydrogen-bond acceptors (Lipinski definition) is 2. The Labute approximate surface area is 104 Å². The first kappa shape index (κ1) is 13.6. The minimum absolute atomic E-state index is 0.402. The van der Waals surface area contributed by atoms with Gasteiger partial charge >= 0.3 is 0 Å². The molecule has 0 fully saturated rings. The maximum Gasteiger partial charge on any atom is 0.118 e. The van der Waals surface area contributed by atoms with E-state index in [4.69, 9.17) is 4.74 Å². The summed E-state index contributed by atoms with van der Waals surface area (Å²) in [5.74, 6) is 6.88. The first-order valence-electron chi connectivity index (χ1n) is 6.08. The average Bonchev–Trinajstić information content (AvgIpc) is 2.39. The number of hydrogen-bond donors (Lipinski definition) is 1. The summed E-state index contributed by atoms with van der Waals surface area (Å²) in [5.41, 5.74) is 1.30. The van der Waals surface area contributed by atoms with Gasteiger partial charge in [0.25, 0.3) is 0 Å². The van der Waals surface area contributed by atoms with Gasteiger partial charge in [-0.2, -0.15) is 0 Å². The summed E-state index contributed by atoms with van der Waals surface area (Å²) in [5, 5.41) is 3.51. The number of methoxy groups -OCH3 is 1. The van der Waals surface area contributed by atoms with Crippen LogP contribution in [0.1, 0.15) is 38.3 Å². The van der Waals surface area contributed by atoms with Crippen molar-refractivity contribution < 1.29 is 4.74 Å². The van der Waals surface area contributed by atoms with Gasteiger partial charge in [-0.05, 0) is 31.0 Å². The van der Waals surface area contributed by atoms with Crippen LogP contribution in [0.5, 0.6) is 5.75 Å². The van der Waals surface area contributed by atoms with Gasteiger partial charge in [0.1, 0.15) is 5.75 Å². The molecule has 17 heavy (non-hydrogen) atoms. The lowest BCUT2D eigenvalue weighted by molar-refractivity contribution is 0.414. The molecule has 1 aromatic carbocycles. The maximum absolute atomic E-state index is 5.16. The van der Waals surface area contributed by atoms with Crippen LogP contribution < -0.4 is 10.1 Å². The molecule has 1 atom stereocenters. The number of rotatable bonds is 6. The molecule has 0 bridgehead atoms. The molecule has 92 valence electrons. The third kappa shape index (κ3) is 4.50. The first-order valence-corrected chi connectivity index (χ1v) is 6.08. The van der Waals surface area contributed by atoms with Gasteiger partial charge in [0, 0.05) is 19.0 Å². The van der Waals surface area contributed by atoms with Gasteiger partial charge in [0.05, 0.1) is 7.11 Å². The molecule has 0 heterocycles. The molecule has 0 amide bonds. The summed E-state index contributed by atoms with van der Waals surface area (Å²) in [6.07, 6.45) is 1.98. The van der Waals surface area contributed by atoms with E-state index in [-0.39, 0.29) is 0 Å². The highest BCUT2D eigenvalue weighted by Crippen LogP contribution is 2.19. The summed E-state index contributed by atoms with van der Waals surface area (Å²) in [6, 6.07) is 8.65. The van der Waals surface area contributed by atoms with Crippen LogP contribution in [0, 0.1) is 11.8 Å². The van der Waals surface area contributed by atoms with Gasteiger partial charge in [-0.3, -0.25) is 0 Å². The van der Waals surface area contributed by atoms with E-state index in [2.05, 4.69) is 36.2 Å². The minimum atomic E-state index is 0.402. The van der Waals surface area contributed by atoms with Gasteiger partial charge in [-0.1, -0.05) is 19.1 Å². The smallest absolute Gasteiger partial charge is 0.118 e. The lowest BCUT2D eigenvalue weighted by Gasteiger charge is -2.17. The number of nitrogens with one attached hydrogen (secondary N) is 1. The molecule has 1 N–H and O–H groups in total. The number of ether oxygens (including phenoxy) is 1. The zero-order valence-electron chi connectivity index (χ0n) is 10.9. The fourth-order valence-electron chi connectivity index (χ4n) is 1.77. The second kappa shape index (κ2) is 7.76. The Morgan fingerprint density at radius 3 is 2.53 bits per heavy atom. The molecule has 0 aliphatic carbocycles. The zero-order chi connectivity index (χ0) is 12.5. The second-order valence-electron chi connectivity index (χ2n) is 3.86. The normalized spacial score (nSPS) is 11.5. The Balaban J connectivity index is 2.55. The highest BCUT2D eigenvalue weighted by molar-refractivity contribution is 5.29. The molecule has 0 aliphatic heterocycles. The van der Waals surface area contributed by atoms with E-state index >= 15 is 0 Å². The van der Waals surface area contributed by atoms with E-state index < -0.39 is 0 Å². The van der Waals surface area contributed by atoms with Crippen LogP contribution in [-0.2, 0) is 0 Å². The Morgan fingerprint density at radius 2 is 2.00 bits per heavy atom. The predicted molar refractivity (Wildman–Crippen MR) is 72.1 cm³/mol. The Kier molecular flexibility index (Phi) is 6.21. The Bertz CT molecular complexity index is 372. The van der Waals surface area contributed by atoms with E-state index in [1.165, 1.54) is 5.56 Å². The summed E-state index contributed by atoms with van der Waals surface area (Å²) in [4.78, 5) is 0. The van der Waals surface area contributed by atoms with Crippen molar-refractivity contribution in [2.45, 2.75) is 32.7 Å². The van der Waals surface area contributed by atoms with Gasteiger partial charge in [0.15, 0.2) is 0 Å². The highest BCUT2D eigenvalue weighted by atomic mass is 16.5. The third-order valence-electron chi connectivity index (χ3n) is 2.74. The highest BCUT2D eigenvalue weighted by Gasteiger charge is 2.07. The molecule has 1 unspecified atom stereocenters. The first-order chi connectivity index (χ1) is 8.31. The maximum atomic E-state index is 5.16. The molecular weight excluding hydrogens is 210 g/mol. The van der Waals surface area contributed by atoms with Crippen molar-refractivity contribution in [3.63, 3.8) is 0 Å². The van der Waals surface area contributed by atoms with Crippen molar-refractivity contribution in [2.75, 3.05) is 13.7 Å². The molecule has 2 nitrogen and oxygen atoms in total.